The van der Waals surface area contributed by atoms with Crippen molar-refractivity contribution in [3.8, 4) is 23.1 Å². The second-order valence-corrected chi connectivity index (χ2v) is 7.43. The summed E-state index contributed by atoms with van der Waals surface area (Å²) in [4.78, 5) is 29.8. The highest BCUT2D eigenvalue weighted by Crippen LogP contribution is 2.26. The van der Waals surface area contributed by atoms with Crippen molar-refractivity contribution in [2.75, 3.05) is 13.6 Å². The molecule has 3 rings (SSSR count). The van der Waals surface area contributed by atoms with E-state index in [1.165, 1.54) is 21.7 Å². The maximum atomic E-state index is 12.1. The Hall–Kier alpha value is -3.34. The molecule has 8 heteroatoms. The smallest absolute Gasteiger partial charge is 0.285 e. The first-order chi connectivity index (χ1) is 14.2. The third-order valence-electron chi connectivity index (χ3n) is 4.88. The Kier molecular flexibility index (Phi) is 5.83. The number of benzene rings is 1. The summed E-state index contributed by atoms with van der Waals surface area (Å²) in [6, 6.07) is 7.13. The molecule has 0 bridgehead atoms. The molecule has 1 aliphatic rings. The van der Waals surface area contributed by atoms with Gasteiger partial charge in [0, 0.05) is 43.0 Å². The Balaban J connectivity index is 2.03. The molecule has 3 N–H and O–H groups in total. The minimum absolute atomic E-state index is 0.0351. The van der Waals surface area contributed by atoms with E-state index in [2.05, 4.69) is 23.4 Å². The number of hydrogen-bond acceptors (Lipinski definition) is 4. The molecule has 0 spiro atoms. The Morgan fingerprint density at radius 2 is 2.20 bits per heavy atom. The number of primary amides is 1. The number of likely N-dealkylation sites (tertiary alicyclic amines) is 1. The fourth-order valence-electron chi connectivity index (χ4n) is 3.18. The van der Waals surface area contributed by atoms with Gasteiger partial charge in [-0.25, -0.2) is 4.98 Å². The van der Waals surface area contributed by atoms with Crippen LogP contribution in [0.25, 0.3) is 17.5 Å². The Bertz CT molecular complexity index is 1140. The van der Waals surface area contributed by atoms with Gasteiger partial charge in [-0.2, -0.15) is 0 Å². The molecule has 1 aromatic carbocycles. The number of aliphatic hydroxyl groups is 1. The van der Waals surface area contributed by atoms with E-state index in [9.17, 15) is 14.7 Å². The van der Waals surface area contributed by atoms with Gasteiger partial charge < -0.3 is 15.7 Å². The van der Waals surface area contributed by atoms with Crippen molar-refractivity contribution in [1.82, 2.24) is 14.5 Å². The maximum Gasteiger partial charge on any atom is 0.285 e. The van der Waals surface area contributed by atoms with Crippen LogP contribution in [-0.4, -0.2) is 50.6 Å². The highest BCUT2D eigenvalue weighted by atomic mass is 35.5. The topological polar surface area (TPSA) is 101 Å². The number of hydrogen-bond donors (Lipinski definition) is 2. The summed E-state index contributed by atoms with van der Waals surface area (Å²) in [5.41, 5.74) is 6.28. The number of rotatable bonds is 4. The van der Waals surface area contributed by atoms with Crippen LogP contribution in [0, 0.1) is 18.8 Å². The number of halogens is 1. The molecule has 154 valence electrons. The SMILES string of the molecule is C=C/C(Cl)=C\n1c(C(N)=O)nc(-c2cccc(C#C[C@]3(O)CCN(C)C3=O)c2)c1C. The number of carbonyl (C=O) groups is 2. The van der Waals surface area contributed by atoms with Crippen LogP contribution in [0.15, 0.2) is 42.0 Å². The highest BCUT2D eigenvalue weighted by Gasteiger charge is 2.42. The maximum absolute atomic E-state index is 12.1. The molecule has 30 heavy (non-hydrogen) atoms. The molecular formula is C22H21ClN4O3. The molecule has 2 heterocycles. The van der Waals surface area contributed by atoms with E-state index < -0.39 is 17.4 Å². The van der Waals surface area contributed by atoms with E-state index in [-0.39, 0.29) is 12.2 Å². The molecule has 1 fully saturated rings. The standard InChI is InChI=1S/C22H21ClN4O3/c1-4-17(23)13-27-14(2)18(25-20(27)19(24)28)16-7-5-6-15(12-16)8-9-22(30)10-11-26(3)21(22)29/h4-7,12-13,30H,1,10-11H2,2-3H3,(H2,24,28)/b17-13+/t22-/m0/s1. The lowest BCUT2D eigenvalue weighted by Crippen LogP contribution is -2.37. The summed E-state index contributed by atoms with van der Waals surface area (Å²) in [7, 11) is 1.63. The summed E-state index contributed by atoms with van der Waals surface area (Å²) in [6.07, 6.45) is 3.22. The van der Waals surface area contributed by atoms with Gasteiger partial charge in [0.15, 0.2) is 0 Å². The minimum atomic E-state index is -1.67. The Labute approximate surface area is 179 Å². The number of aromatic nitrogens is 2. The van der Waals surface area contributed by atoms with Gasteiger partial charge in [-0.3, -0.25) is 14.2 Å². The molecule has 0 radical (unpaired) electrons. The van der Waals surface area contributed by atoms with Gasteiger partial charge in [-0.05, 0) is 25.1 Å². The van der Waals surface area contributed by atoms with Crippen LogP contribution >= 0.6 is 11.6 Å². The first kappa shape index (κ1) is 21.4. The monoisotopic (exact) mass is 424 g/mol. The van der Waals surface area contributed by atoms with Crippen LogP contribution in [0.3, 0.4) is 0 Å². The summed E-state index contributed by atoms with van der Waals surface area (Å²) in [5, 5.41) is 10.8. The van der Waals surface area contributed by atoms with Gasteiger partial charge in [0.2, 0.25) is 11.4 Å². The van der Waals surface area contributed by atoms with E-state index in [0.29, 0.717) is 34.1 Å². The molecule has 0 unspecified atom stereocenters. The first-order valence-corrected chi connectivity index (χ1v) is 9.54. The van der Waals surface area contributed by atoms with Crippen LogP contribution < -0.4 is 5.73 Å². The Morgan fingerprint density at radius 3 is 2.80 bits per heavy atom. The molecule has 2 aromatic rings. The predicted molar refractivity (Wildman–Crippen MR) is 115 cm³/mol. The number of allylic oxidation sites excluding steroid dienone is 2. The van der Waals surface area contributed by atoms with Crippen molar-refractivity contribution >= 4 is 29.6 Å². The fraction of sp³-hybridized carbons (Fsp3) is 0.227. The highest BCUT2D eigenvalue weighted by molar-refractivity contribution is 6.32. The lowest BCUT2D eigenvalue weighted by atomic mass is 10.0. The van der Waals surface area contributed by atoms with Gasteiger partial charge in [-0.15, -0.1) is 0 Å². The average Bonchev–Trinajstić information content (AvgIpc) is 3.19. The molecule has 0 aliphatic carbocycles. The van der Waals surface area contributed by atoms with Crippen molar-refractivity contribution < 1.29 is 14.7 Å². The lowest BCUT2D eigenvalue weighted by Gasteiger charge is -2.13. The van der Waals surface area contributed by atoms with Crippen LogP contribution in [0.5, 0.6) is 0 Å². The van der Waals surface area contributed by atoms with Crippen molar-refractivity contribution in [2.45, 2.75) is 18.9 Å². The average molecular weight is 425 g/mol. The van der Waals surface area contributed by atoms with Crippen LogP contribution in [-0.2, 0) is 4.79 Å². The number of nitrogens with zero attached hydrogens (tertiary/aromatic N) is 3. The van der Waals surface area contributed by atoms with Crippen molar-refractivity contribution in [2.24, 2.45) is 5.73 Å². The second-order valence-electron chi connectivity index (χ2n) is 6.99. The van der Waals surface area contributed by atoms with Crippen LogP contribution in [0.4, 0.5) is 0 Å². The van der Waals surface area contributed by atoms with Crippen LogP contribution in [0.2, 0.25) is 0 Å². The third kappa shape index (κ3) is 4.01. The largest absolute Gasteiger partial charge is 0.369 e. The summed E-state index contributed by atoms with van der Waals surface area (Å²) < 4.78 is 1.51. The summed E-state index contributed by atoms with van der Waals surface area (Å²) in [6.45, 7) is 5.83. The Morgan fingerprint density at radius 1 is 1.47 bits per heavy atom. The fourth-order valence-corrected chi connectivity index (χ4v) is 3.28. The number of imidazole rings is 1. The van der Waals surface area contributed by atoms with E-state index >= 15 is 0 Å². The van der Waals surface area contributed by atoms with Gasteiger partial charge in [0.25, 0.3) is 11.8 Å². The summed E-state index contributed by atoms with van der Waals surface area (Å²) in [5.74, 6) is 4.50. The molecule has 1 atom stereocenters. The van der Waals surface area contributed by atoms with Gasteiger partial charge in [0.05, 0.1) is 10.7 Å². The first-order valence-electron chi connectivity index (χ1n) is 9.16. The van der Waals surface area contributed by atoms with Crippen molar-refractivity contribution in [3.05, 3.63) is 59.0 Å². The second kappa shape index (κ2) is 8.19. The minimum Gasteiger partial charge on any atom is -0.369 e. The molecule has 1 aromatic heterocycles. The quantitative estimate of drug-likeness (QED) is 0.579. The van der Waals surface area contributed by atoms with Crippen LogP contribution in [0.1, 0.15) is 28.3 Å². The van der Waals surface area contributed by atoms with E-state index in [4.69, 9.17) is 17.3 Å². The molecule has 1 aliphatic heterocycles. The van der Waals surface area contributed by atoms with E-state index in [0.717, 1.165) is 0 Å². The zero-order valence-electron chi connectivity index (χ0n) is 16.6. The molecule has 7 nitrogen and oxygen atoms in total. The normalized spacial score (nSPS) is 18.9. The lowest BCUT2D eigenvalue weighted by molar-refractivity contribution is -0.137. The zero-order valence-corrected chi connectivity index (χ0v) is 17.4. The van der Waals surface area contributed by atoms with E-state index in [1.807, 2.05) is 6.07 Å². The number of amides is 2. The van der Waals surface area contributed by atoms with Crippen molar-refractivity contribution in [3.63, 3.8) is 0 Å². The van der Waals surface area contributed by atoms with Crippen molar-refractivity contribution in [1.29, 1.82) is 0 Å². The molecule has 2 amide bonds. The molecule has 0 saturated carbocycles. The van der Waals surface area contributed by atoms with Gasteiger partial charge in [-0.1, -0.05) is 42.2 Å². The van der Waals surface area contributed by atoms with E-state index in [1.54, 1.807) is 32.2 Å². The molecular weight excluding hydrogens is 404 g/mol. The number of likely N-dealkylation sites (N-methyl/N-ethyl adjacent to an activating group) is 1. The zero-order chi connectivity index (χ0) is 22.1. The molecule has 1 saturated heterocycles. The predicted octanol–water partition coefficient (Wildman–Crippen LogP) is 2.13. The third-order valence-corrected chi connectivity index (χ3v) is 5.13. The van der Waals surface area contributed by atoms with Gasteiger partial charge in [0.1, 0.15) is 0 Å². The summed E-state index contributed by atoms with van der Waals surface area (Å²) >= 11 is 6.04. The number of carbonyl (C=O) groups excluding carboxylic acids is 2. The number of nitrogens with two attached hydrogens (primary N) is 1. The van der Waals surface area contributed by atoms with Gasteiger partial charge >= 0.3 is 0 Å².